The molecule has 1 aliphatic carbocycles. The van der Waals surface area contributed by atoms with E-state index in [1.165, 1.54) is 43.4 Å². The van der Waals surface area contributed by atoms with Crippen LogP contribution in [-0.2, 0) is 6.54 Å². The number of rotatable bonds is 2. The molecule has 2 heteroatoms. The van der Waals surface area contributed by atoms with Crippen LogP contribution in [0.4, 0.5) is 0 Å². The molecule has 1 heterocycles. The molecule has 0 bridgehead atoms. The molecule has 2 nitrogen and oxygen atoms in total. The van der Waals surface area contributed by atoms with Gasteiger partial charge < -0.3 is 5.32 Å². The van der Waals surface area contributed by atoms with Crippen LogP contribution >= 0.6 is 0 Å². The molecule has 0 radical (unpaired) electrons. The normalized spacial score (nSPS) is 25.1. The van der Waals surface area contributed by atoms with Gasteiger partial charge in [0.2, 0.25) is 0 Å². The third-order valence-electron chi connectivity index (χ3n) is 4.96. The van der Waals surface area contributed by atoms with Gasteiger partial charge in [-0.1, -0.05) is 37.1 Å². The van der Waals surface area contributed by atoms with Gasteiger partial charge in [-0.3, -0.25) is 4.90 Å². The predicted octanol–water partition coefficient (Wildman–Crippen LogP) is 3.49. The minimum Gasteiger partial charge on any atom is -0.304 e. The Balaban J connectivity index is 1.77. The lowest BCUT2D eigenvalue weighted by Gasteiger charge is -2.50. The third-order valence-corrected chi connectivity index (χ3v) is 4.96. The lowest BCUT2D eigenvalue weighted by Crippen LogP contribution is -2.67. The van der Waals surface area contributed by atoms with E-state index in [1.807, 2.05) is 0 Å². The van der Waals surface area contributed by atoms with Gasteiger partial charge in [-0.25, -0.2) is 0 Å². The van der Waals surface area contributed by atoms with Gasteiger partial charge in [0.05, 0.1) is 0 Å². The number of nitrogens with one attached hydrogen (secondary N) is 1. The maximum atomic E-state index is 3.96. The Hall–Kier alpha value is -0.860. The fourth-order valence-corrected chi connectivity index (χ4v) is 4.31. The zero-order chi connectivity index (χ0) is 14.2. The minimum absolute atomic E-state index is 0.227. The highest BCUT2D eigenvalue weighted by atomic mass is 15.3. The lowest BCUT2D eigenvalue weighted by atomic mass is 9.87. The largest absolute Gasteiger partial charge is 0.304 e. The number of hydrogen-bond acceptors (Lipinski definition) is 2. The maximum Gasteiger partial charge on any atom is 0.0314 e. The van der Waals surface area contributed by atoms with Crippen LogP contribution in [0.25, 0.3) is 0 Å². The first-order valence-corrected chi connectivity index (χ1v) is 8.04. The van der Waals surface area contributed by atoms with E-state index in [1.54, 1.807) is 0 Å². The fraction of sp³-hybridized carbons (Fsp3) is 0.667. The van der Waals surface area contributed by atoms with Crippen LogP contribution in [0.2, 0.25) is 0 Å². The highest BCUT2D eigenvalue weighted by Gasteiger charge is 2.43. The van der Waals surface area contributed by atoms with Crippen LogP contribution in [-0.4, -0.2) is 29.1 Å². The molecule has 20 heavy (non-hydrogen) atoms. The molecule has 2 aliphatic rings. The number of nitrogens with zero attached hydrogens (tertiary/aromatic N) is 1. The fourth-order valence-electron chi connectivity index (χ4n) is 4.31. The molecule has 1 saturated carbocycles. The minimum atomic E-state index is 0.227. The molecule has 2 fully saturated rings. The van der Waals surface area contributed by atoms with Crippen molar-refractivity contribution in [1.82, 2.24) is 10.2 Å². The second kappa shape index (κ2) is 5.16. The van der Waals surface area contributed by atoms with Gasteiger partial charge in [-0.05, 0) is 44.7 Å². The van der Waals surface area contributed by atoms with Crippen LogP contribution in [0.1, 0.15) is 50.7 Å². The van der Waals surface area contributed by atoms with Crippen molar-refractivity contribution in [2.24, 2.45) is 0 Å². The summed E-state index contributed by atoms with van der Waals surface area (Å²) >= 11 is 0. The summed E-state index contributed by atoms with van der Waals surface area (Å²) in [5.74, 6) is 0. The summed E-state index contributed by atoms with van der Waals surface area (Å²) in [4.78, 5) is 2.67. The monoisotopic (exact) mass is 272 g/mol. The molecular weight excluding hydrogens is 244 g/mol. The van der Waals surface area contributed by atoms with Crippen molar-refractivity contribution in [3.63, 3.8) is 0 Å². The van der Waals surface area contributed by atoms with Crippen molar-refractivity contribution >= 4 is 0 Å². The zero-order valence-electron chi connectivity index (χ0n) is 13.2. The second-order valence-electron chi connectivity index (χ2n) is 7.57. The van der Waals surface area contributed by atoms with Gasteiger partial charge in [-0.2, -0.15) is 0 Å². The summed E-state index contributed by atoms with van der Waals surface area (Å²) in [6.45, 7) is 10.4. The van der Waals surface area contributed by atoms with Crippen LogP contribution in [0, 0.1) is 6.92 Å². The highest BCUT2D eigenvalue weighted by Crippen LogP contribution is 2.36. The van der Waals surface area contributed by atoms with Gasteiger partial charge in [0, 0.05) is 30.7 Å². The van der Waals surface area contributed by atoms with Crippen molar-refractivity contribution in [1.29, 1.82) is 0 Å². The third kappa shape index (κ3) is 2.91. The van der Waals surface area contributed by atoms with Crippen LogP contribution < -0.4 is 5.32 Å². The Morgan fingerprint density at radius 2 is 1.80 bits per heavy atom. The number of aryl methyl sites for hydroxylation is 1. The Labute approximate surface area is 123 Å². The van der Waals surface area contributed by atoms with Crippen molar-refractivity contribution in [3.8, 4) is 0 Å². The van der Waals surface area contributed by atoms with Gasteiger partial charge in [0.1, 0.15) is 0 Å². The summed E-state index contributed by atoms with van der Waals surface area (Å²) in [5, 5.41) is 3.96. The first-order valence-electron chi connectivity index (χ1n) is 8.04. The molecule has 110 valence electrons. The smallest absolute Gasteiger partial charge is 0.0314 e. The molecule has 0 atom stereocenters. The van der Waals surface area contributed by atoms with E-state index in [2.05, 4.69) is 55.3 Å². The average Bonchev–Trinajstić information content (AvgIpc) is 2.77. The summed E-state index contributed by atoms with van der Waals surface area (Å²) in [5.41, 5.74) is 3.51. The van der Waals surface area contributed by atoms with E-state index in [0.29, 0.717) is 5.54 Å². The van der Waals surface area contributed by atoms with Crippen LogP contribution in [0.3, 0.4) is 0 Å². The molecule has 1 saturated heterocycles. The summed E-state index contributed by atoms with van der Waals surface area (Å²) in [6, 6.07) is 8.82. The average molecular weight is 272 g/mol. The molecule has 1 aromatic carbocycles. The maximum absolute atomic E-state index is 3.96. The standard InChI is InChI=1S/C18H28N2/c1-15-8-4-5-9-16(15)12-20-13-17(2,3)19-18(14-20)10-6-7-11-18/h4-5,8-9,19H,6-7,10-14H2,1-3H3. The quantitative estimate of drug-likeness (QED) is 0.886. The lowest BCUT2D eigenvalue weighted by molar-refractivity contribution is 0.0571. The van der Waals surface area contributed by atoms with E-state index in [9.17, 15) is 0 Å². The summed E-state index contributed by atoms with van der Waals surface area (Å²) < 4.78 is 0. The van der Waals surface area contributed by atoms with Gasteiger partial charge in [0.15, 0.2) is 0 Å². The van der Waals surface area contributed by atoms with Crippen LogP contribution in [0.15, 0.2) is 24.3 Å². The summed E-state index contributed by atoms with van der Waals surface area (Å²) in [6.07, 6.45) is 5.48. The molecule has 0 aromatic heterocycles. The Kier molecular flexibility index (Phi) is 3.64. The Bertz CT molecular complexity index is 472. The molecule has 1 spiro atoms. The van der Waals surface area contributed by atoms with E-state index < -0.39 is 0 Å². The summed E-state index contributed by atoms with van der Waals surface area (Å²) in [7, 11) is 0. The van der Waals surface area contributed by atoms with Gasteiger partial charge >= 0.3 is 0 Å². The Morgan fingerprint density at radius 3 is 2.50 bits per heavy atom. The van der Waals surface area contributed by atoms with E-state index in [0.717, 1.165) is 13.1 Å². The number of benzene rings is 1. The molecule has 1 aromatic rings. The van der Waals surface area contributed by atoms with E-state index in [4.69, 9.17) is 0 Å². The van der Waals surface area contributed by atoms with E-state index >= 15 is 0 Å². The van der Waals surface area contributed by atoms with Crippen molar-refractivity contribution in [3.05, 3.63) is 35.4 Å². The zero-order valence-corrected chi connectivity index (χ0v) is 13.2. The number of hydrogen-bond donors (Lipinski definition) is 1. The van der Waals surface area contributed by atoms with Crippen molar-refractivity contribution in [2.75, 3.05) is 13.1 Å². The van der Waals surface area contributed by atoms with Crippen molar-refractivity contribution < 1.29 is 0 Å². The van der Waals surface area contributed by atoms with Gasteiger partial charge in [0.25, 0.3) is 0 Å². The molecule has 3 rings (SSSR count). The highest BCUT2D eigenvalue weighted by molar-refractivity contribution is 5.25. The molecule has 1 N–H and O–H groups in total. The van der Waals surface area contributed by atoms with Crippen molar-refractivity contribution in [2.45, 2.75) is 64.1 Å². The molecule has 0 amide bonds. The van der Waals surface area contributed by atoms with Gasteiger partial charge in [-0.15, -0.1) is 0 Å². The van der Waals surface area contributed by atoms with E-state index in [-0.39, 0.29) is 5.54 Å². The molecular formula is C18H28N2. The van der Waals surface area contributed by atoms with Crippen LogP contribution in [0.5, 0.6) is 0 Å². The SMILES string of the molecule is Cc1ccccc1CN1CC(C)(C)NC2(CCCC2)C1. The molecule has 0 unspecified atom stereocenters. The first kappa shape index (κ1) is 14.1. The molecule has 1 aliphatic heterocycles. The topological polar surface area (TPSA) is 15.3 Å². The Morgan fingerprint density at radius 1 is 1.10 bits per heavy atom. The first-order chi connectivity index (χ1) is 9.48. The number of piperazine rings is 1. The second-order valence-corrected chi connectivity index (χ2v) is 7.57. The predicted molar refractivity (Wildman–Crippen MR) is 84.9 cm³/mol.